The van der Waals surface area contributed by atoms with Gasteiger partial charge in [0.05, 0.1) is 25.0 Å². The van der Waals surface area contributed by atoms with Crippen molar-refractivity contribution in [2.24, 2.45) is 5.92 Å². The quantitative estimate of drug-likeness (QED) is 0.585. The lowest BCUT2D eigenvalue weighted by Gasteiger charge is -2.10. The van der Waals surface area contributed by atoms with Crippen molar-refractivity contribution in [2.75, 3.05) is 13.7 Å². The fourth-order valence-corrected chi connectivity index (χ4v) is 3.59. The highest BCUT2D eigenvalue weighted by atomic mass is 32.1. The molecule has 6 nitrogen and oxygen atoms in total. The van der Waals surface area contributed by atoms with E-state index in [0.29, 0.717) is 51.4 Å². The Morgan fingerprint density at radius 3 is 2.48 bits per heavy atom. The molecule has 1 N–H and O–H groups in total. The van der Waals surface area contributed by atoms with Crippen molar-refractivity contribution >= 4 is 17.3 Å². The molecule has 2 aromatic carbocycles. The second-order valence-electron chi connectivity index (χ2n) is 6.76. The maximum absolute atomic E-state index is 11.8. The number of carboxylic acids is 1. The first-order valence-corrected chi connectivity index (χ1v) is 9.80. The number of aromatic carboxylic acids is 1. The Hall–Kier alpha value is -3.37. The topological polar surface area (TPSA) is 92.4 Å². The standard InChI is InChI=1S/C22H20N2O4S/c1-13(2)12-28-18-9-6-15(10-16(18)11-23)21-24-19(20(29-21)22(25)26)14-4-7-17(27-3)8-5-14/h4-10,13H,12H2,1-3H3,(H,25,26). The van der Waals surface area contributed by atoms with Crippen LogP contribution in [0.3, 0.4) is 0 Å². The normalized spacial score (nSPS) is 10.6. The van der Waals surface area contributed by atoms with Gasteiger partial charge in [0, 0.05) is 11.1 Å². The van der Waals surface area contributed by atoms with Gasteiger partial charge in [-0.05, 0) is 48.4 Å². The highest BCUT2D eigenvalue weighted by Gasteiger charge is 2.20. The van der Waals surface area contributed by atoms with Crippen LogP contribution in [0.2, 0.25) is 0 Å². The van der Waals surface area contributed by atoms with Crippen molar-refractivity contribution in [1.82, 2.24) is 4.98 Å². The number of aromatic nitrogens is 1. The molecule has 29 heavy (non-hydrogen) atoms. The summed E-state index contributed by atoms with van der Waals surface area (Å²) in [6, 6.07) is 14.4. The Balaban J connectivity index is 2.01. The van der Waals surface area contributed by atoms with E-state index in [1.807, 2.05) is 13.8 Å². The molecule has 0 radical (unpaired) electrons. The minimum atomic E-state index is -1.04. The van der Waals surface area contributed by atoms with Crippen molar-refractivity contribution in [2.45, 2.75) is 13.8 Å². The molecule has 0 fully saturated rings. The van der Waals surface area contributed by atoms with E-state index in [0.717, 1.165) is 11.3 Å². The number of ether oxygens (including phenoxy) is 2. The van der Waals surface area contributed by atoms with Crippen LogP contribution in [0.15, 0.2) is 42.5 Å². The molecule has 0 bridgehead atoms. The van der Waals surface area contributed by atoms with Gasteiger partial charge in [-0.1, -0.05) is 13.8 Å². The van der Waals surface area contributed by atoms with Crippen molar-refractivity contribution in [3.05, 3.63) is 52.9 Å². The van der Waals surface area contributed by atoms with E-state index in [2.05, 4.69) is 11.1 Å². The lowest BCUT2D eigenvalue weighted by atomic mass is 10.1. The molecular weight excluding hydrogens is 388 g/mol. The fraction of sp³-hybridized carbons (Fsp3) is 0.227. The molecule has 0 atom stereocenters. The van der Waals surface area contributed by atoms with Crippen molar-refractivity contribution in [3.63, 3.8) is 0 Å². The zero-order valence-electron chi connectivity index (χ0n) is 16.3. The van der Waals surface area contributed by atoms with Crippen LogP contribution in [0.25, 0.3) is 21.8 Å². The Labute approximate surface area is 173 Å². The molecule has 0 saturated heterocycles. The van der Waals surface area contributed by atoms with Crippen LogP contribution in [-0.2, 0) is 0 Å². The minimum Gasteiger partial charge on any atom is -0.497 e. The number of thiazole rings is 1. The summed E-state index contributed by atoms with van der Waals surface area (Å²) in [5.74, 6) is 0.481. The number of hydrogen-bond donors (Lipinski definition) is 1. The number of methoxy groups -OCH3 is 1. The monoisotopic (exact) mass is 408 g/mol. The number of hydrogen-bond acceptors (Lipinski definition) is 6. The minimum absolute atomic E-state index is 0.142. The molecule has 1 aromatic heterocycles. The second-order valence-corrected chi connectivity index (χ2v) is 7.76. The molecule has 0 spiro atoms. The Morgan fingerprint density at radius 1 is 1.21 bits per heavy atom. The van der Waals surface area contributed by atoms with Gasteiger partial charge in [0.25, 0.3) is 0 Å². The van der Waals surface area contributed by atoms with Gasteiger partial charge in [-0.25, -0.2) is 9.78 Å². The summed E-state index contributed by atoms with van der Waals surface area (Å²) in [6.45, 7) is 4.57. The number of carbonyl (C=O) groups is 1. The molecule has 0 unspecified atom stereocenters. The van der Waals surface area contributed by atoms with Crippen LogP contribution in [0.4, 0.5) is 0 Å². The average Bonchev–Trinajstić information content (AvgIpc) is 3.18. The Kier molecular flexibility index (Phi) is 6.15. The van der Waals surface area contributed by atoms with E-state index >= 15 is 0 Å². The molecular formula is C22H20N2O4S. The zero-order valence-corrected chi connectivity index (χ0v) is 17.1. The highest BCUT2D eigenvalue weighted by Crippen LogP contribution is 2.36. The van der Waals surface area contributed by atoms with E-state index in [-0.39, 0.29) is 4.88 Å². The highest BCUT2D eigenvalue weighted by molar-refractivity contribution is 7.17. The molecule has 148 valence electrons. The number of benzene rings is 2. The van der Waals surface area contributed by atoms with Gasteiger partial charge < -0.3 is 14.6 Å². The van der Waals surface area contributed by atoms with Gasteiger partial charge in [-0.3, -0.25) is 0 Å². The van der Waals surface area contributed by atoms with Gasteiger partial charge in [0.2, 0.25) is 0 Å². The van der Waals surface area contributed by atoms with Crippen LogP contribution in [-0.4, -0.2) is 29.8 Å². The summed E-state index contributed by atoms with van der Waals surface area (Å²) in [6.07, 6.45) is 0. The number of rotatable bonds is 7. The van der Waals surface area contributed by atoms with Crippen LogP contribution < -0.4 is 9.47 Å². The summed E-state index contributed by atoms with van der Waals surface area (Å²) < 4.78 is 10.8. The maximum atomic E-state index is 11.8. The first-order valence-electron chi connectivity index (χ1n) is 8.98. The Morgan fingerprint density at radius 2 is 1.90 bits per heavy atom. The summed E-state index contributed by atoms with van der Waals surface area (Å²) in [5.41, 5.74) is 2.13. The fourth-order valence-electron chi connectivity index (χ4n) is 2.67. The molecule has 1 heterocycles. The van der Waals surface area contributed by atoms with E-state index in [9.17, 15) is 15.2 Å². The third-order valence-corrected chi connectivity index (χ3v) is 5.20. The van der Waals surface area contributed by atoms with Gasteiger partial charge in [-0.2, -0.15) is 5.26 Å². The SMILES string of the molecule is COc1ccc(-c2nc(-c3ccc(OCC(C)C)c(C#N)c3)sc2C(=O)O)cc1. The van der Waals surface area contributed by atoms with Gasteiger partial charge in [0.1, 0.15) is 27.5 Å². The van der Waals surface area contributed by atoms with E-state index in [4.69, 9.17) is 9.47 Å². The zero-order chi connectivity index (χ0) is 21.0. The van der Waals surface area contributed by atoms with Crippen LogP contribution in [0, 0.1) is 17.2 Å². The molecule has 0 amide bonds. The molecule has 0 saturated carbocycles. The van der Waals surface area contributed by atoms with Crippen molar-refractivity contribution in [3.8, 4) is 39.4 Å². The molecule has 0 aliphatic rings. The van der Waals surface area contributed by atoms with Gasteiger partial charge in [0.15, 0.2) is 0 Å². The van der Waals surface area contributed by atoms with E-state index < -0.39 is 5.97 Å². The van der Waals surface area contributed by atoms with Crippen LogP contribution in [0.5, 0.6) is 11.5 Å². The first kappa shape index (κ1) is 20.4. The molecule has 7 heteroatoms. The summed E-state index contributed by atoms with van der Waals surface area (Å²) in [5, 5.41) is 19.6. The Bertz CT molecular complexity index is 1070. The smallest absolute Gasteiger partial charge is 0.348 e. The van der Waals surface area contributed by atoms with Crippen LogP contribution in [0.1, 0.15) is 29.1 Å². The number of carboxylic acid groups (broad SMARTS) is 1. The third kappa shape index (κ3) is 4.55. The molecule has 3 aromatic rings. The number of nitriles is 1. The summed E-state index contributed by atoms with van der Waals surface area (Å²) in [4.78, 5) is 16.5. The number of nitrogens with zero attached hydrogens (tertiary/aromatic N) is 2. The summed E-state index contributed by atoms with van der Waals surface area (Å²) in [7, 11) is 1.57. The predicted octanol–water partition coefficient (Wildman–Crippen LogP) is 5.09. The van der Waals surface area contributed by atoms with Crippen LogP contribution >= 0.6 is 11.3 Å². The summed E-state index contributed by atoms with van der Waals surface area (Å²) >= 11 is 1.08. The van der Waals surface area contributed by atoms with Gasteiger partial charge >= 0.3 is 5.97 Å². The lowest BCUT2D eigenvalue weighted by molar-refractivity contribution is 0.0702. The van der Waals surface area contributed by atoms with E-state index in [1.165, 1.54) is 0 Å². The molecule has 0 aliphatic heterocycles. The van der Waals surface area contributed by atoms with E-state index in [1.54, 1.807) is 49.6 Å². The van der Waals surface area contributed by atoms with Gasteiger partial charge in [-0.15, -0.1) is 11.3 Å². The van der Waals surface area contributed by atoms with Crippen molar-refractivity contribution < 1.29 is 19.4 Å². The predicted molar refractivity (Wildman–Crippen MR) is 112 cm³/mol. The maximum Gasteiger partial charge on any atom is 0.348 e. The second kappa shape index (κ2) is 8.76. The third-order valence-electron chi connectivity index (χ3n) is 4.10. The molecule has 3 rings (SSSR count). The largest absolute Gasteiger partial charge is 0.497 e. The lowest BCUT2D eigenvalue weighted by Crippen LogP contribution is -2.05. The van der Waals surface area contributed by atoms with Crippen molar-refractivity contribution in [1.29, 1.82) is 5.26 Å². The molecule has 0 aliphatic carbocycles. The first-order chi connectivity index (χ1) is 13.9. The average molecular weight is 408 g/mol.